The monoisotopic (exact) mass is 400 g/mol. The highest BCUT2D eigenvalue weighted by Gasteiger charge is 2.32. The number of hydrogen-bond donors (Lipinski definition) is 0. The quantitative estimate of drug-likeness (QED) is 0.573. The van der Waals surface area contributed by atoms with Gasteiger partial charge in [0.1, 0.15) is 5.82 Å². The number of nitro benzene ring substituents is 1. The van der Waals surface area contributed by atoms with E-state index in [2.05, 4.69) is 9.88 Å². The first-order valence-corrected chi connectivity index (χ1v) is 8.56. The van der Waals surface area contributed by atoms with Gasteiger partial charge in [-0.05, 0) is 6.07 Å². The van der Waals surface area contributed by atoms with E-state index in [0.717, 1.165) is 12.3 Å². The van der Waals surface area contributed by atoms with E-state index in [-0.39, 0.29) is 10.7 Å². The number of halogens is 4. The molecule has 10 heteroatoms. The van der Waals surface area contributed by atoms with E-state index >= 15 is 0 Å². The van der Waals surface area contributed by atoms with Crippen LogP contribution in [0, 0.1) is 10.1 Å². The zero-order valence-electron chi connectivity index (χ0n) is 14.1. The van der Waals surface area contributed by atoms with Crippen LogP contribution < -0.4 is 4.90 Å². The molecule has 0 aliphatic carbocycles. The van der Waals surface area contributed by atoms with Gasteiger partial charge in [0.2, 0.25) is 0 Å². The van der Waals surface area contributed by atoms with Gasteiger partial charge in [-0.2, -0.15) is 13.2 Å². The number of aromatic nitrogens is 1. The van der Waals surface area contributed by atoms with Gasteiger partial charge in [0, 0.05) is 50.6 Å². The van der Waals surface area contributed by atoms with Gasteiger partial charge in [0.15, 0.2) is 0 Å². The number of nitrogens with zero attached hydrogens (tertiary/aromatic N) is 4. The predicted octanol–water partition coefficient (Wildman–Crippen LogP) is 3.98. The van der Waals surface area contributed by atoms with Crippen LogP contribution in [-0.2, 0) is 12.7 Å². The van der Waals surface area contributed by atoms with Gasteiger partial charge in [-0.15, -0.1) is 0 Å². The molecule has 1 aromatic heterocycles. The Hall–Kier alpha value is -2.39. The first kappa shape index (κ1) is 19.4. The molecule has 0 amide bonds. The summed E-state index contributed by atoms with van der Waals surface area (Å²) < 4.78 is 38.2. The van der Waals surface area contributed by atoms with E-state index in [1.807, 2.05) is 4.90 Å². The van der Waals surface area contributed by atoms with Gasteiger partial charge >= 0.3 is 6.18 Å². The van der Waals surface area contributed by atoms with Crippen LogP contribution in [0.2, 0.25) is 5.02 Å². The van der Waals surface area contributed by atoms with E-state index in [0.29, 0.717) is 44.1 Å². The molecule has 0 atom stereocenters. The smallest absolute Gasteiger partial charge is 0.353 e. The third-order valence-corrected chi connectivity index (χ3v) is 4.68. The van der Waals surface area contributed by atoms with Crippen LogP contribution in [-0.4, -0.2) is 41.0 Å². The lowest BCUT2D eigenvalue weighted by molar-refractivity contribution is -0.385. The topological polar surface area (TPSA) is 62.5 Å². The second-order valence-corrected chi connectivity index (χ2v) is 6.58. The molecule has 0 N–H and O–H groups in total. The molecule has 0 unspecified atom stereocenters. The van der Waals surface area contributed by atoms with Gasteiger partial charge < -0.3 is 4.90 Å². The molecular formula is C17H16ClF3N4O2. The van der Waals surface area contributed by atoms with Crippen molar-refractivity contribution in [3.05, 3.63) is 62.8 Å². The summed E-state index contributed by atoms with van der Waals surface area (Å²) in [5.74, 6) is 0.315. The minimum atomic E-state index is -4.49. The number of nitro groups is 1. The van der Waals surface area contributed by atoms with Gasteiger partial charge in [-0.25, -0.2) is 4.98 Å². The lowest BCUT2D eigenvalue weighted by Gasteiger charge is -2.35. The minimum Gasteiger partial charge on any atom is -0.353 e. The van der Waals surface area contributed by atoms with Gasteiger partial charge in [0.05, 0.1) is 15.5 Å². The third kappa shape index (κ3) is 4.48. The summed E-state index contributed by atoms with van der Waals surface area (Å²) >= 11 is 6.00. The van der Waals surface area contributed by atoms with Gasteiger partial charge in [0.25, 0.3) is 5.69 Å². The Balaban J connectivity index is 1.65. The minimum absolute atomic E-state index is 0.0445. The van der Waals surface area contributed by atoms with E-state index < -0.39 is 16.7 Å². The van der Waals surface area contributed by atoms with Crippen LogP contribution in [0.15, 0.2) is 36.5 Å². The molecule has 6 nitrogen and oxygen atoms in total. The van der Waals surface area contributed by atoms with Crippen molar-refractivity contribution in [3.8, 4) is 0 Å². The molecule has 2 aromatic rings. The maximum absolute atomic E-state index is 12.7. The molecule has 0 saturated carbocycles. The fourth-order valence-electron chi connectivity index (χ4n) is 3.00. The summed E-state index contributed by atoms with van der Waals surface area (Å²) in [4.78, 5) is 18.5. The Labute approximate surface area is 158 Å². The largest absolute Gasteiger partial charge is 0.417 e. The van der Waals surface area contributed by atoms with Crippen molar-refractivity contribution in [3.63, 3.8) is 0 Å². The van der Waals surface area contributed by atoms with Crippen LogP contribution in [0.3, 0.4) is 0 Å². The number of hydrogen-bond acceptors (Lipinski definition) is 5. The zero-order valence-corrected chi connectivity index (χ0v) is 14.9. The molecular weight excluding hydrogens is 385 g/mol. The number of piperazine rings is 1. The molecule has 1 aliphatic rings. The fraction of sp³-hybridized carbons (Fsp3) is 0.353. The number of anilines is 1. The fourth-order valence-corrected chi connectivity index (χ4v) is 3.29. The summed E-state index contributed by atoms with van der Waals surface area (Å²) in [5, 5.41) is 11.1. The highest BCUT2D eigenvalue weighted by atomic mass is 35.5. The molecule has 0 bridgehead atoms. The highest BCUT2D eigenvalue weighted by molar-refractivity contribution is 6.33. The molecule has 0 spiro atoms. The third-order valence-electron chi connectivity index (χ3n) is 4.40. The van der Waals surface area contributed by atoms with Gasteiger partial charge in [-0.1, -0.05) is 29.8 Å². The number of para-hydroxylation sites is 1. The Bertz CT molecular complexity index is 839. The van der Waals surface area contributed by atoms with Crippen LogP contribution >= 0.6 is 11.6 Å². The molecule has 0 radical (unpaired) electrons. The summed E-state index contributed by atoms with van der Waals surface area (Å²) in [6.07, 6.45) is -3.71. The summed E-state index contributed by atoms with van der Waals surface area (Å²) in [5.41, 5.74) is -0.180. The molecule has 27 heavy (non-hydrogen) atoms. The van der Waals surface area contributed by atoms with Crippen LogP contribution in [0.5, 0.6) is 0 Å². The maximum Gasteiger partial charge on any atom is 0.417 e. The van der Waals surface area contributed by atoms with E-state index in [1.54, 1.807) is 18.2 Å². The molecule has 2 heterocycles. The summed E-state index contributed by atoms with van der Waals surface area (Å²) in [6, 6.07) is 7.45. The van der Waals surface area contributed by atoms with Crippen molar-refractivity contribution in [2.75, 3.05) is 31.1 Å². The first-order valence-electron chi connectivity index (χ1n) is 8.18. The van der Waals surface area contributed by atoms with Crippen molar-refractivity contribution in [1.29, 1.82) is 0 Å². The lowest BCUT2D eigenvalue weighted by atomic mass is 10.1. The Morgan fingerprint density at radius 1 is 1.19 bits per heavy atom. The molecule has 144 valence electrons. The molecule has 1 aromatic carbocycles. The van der Waals surface area contributed by atoms with Crippen LogP contribution in [0.4, 0.5) is 24.7 Å². The van der Waals surface area contributed by atoms with Crippen molar-refractivity contribution in [2.45, 2.75) is 12.7 Å². The molecule has 1 aliphatic heterocycles. The number of benzene rings is 1. The van der Waals surface area contributed by atoms with Crippen molar-refractivity contribution < 1.29 is 18.1 Å². The second kappa shape index (κ2) is 7.69. The number of pyridine rings is 1. The standard InChI is InChI=1S/C17H16ClF3N4O2/c18-14-9-13(17(19,20)21)10-22-16(14)24-7-5-23(6-8-24)11-12-3-1-2-4-15(12)25(26)27/h1-4,9-10H,5-8,11H2. The highest BCUT2D eigenvalue weighted by Crippen LogP contribution is 2.33. The lowest BCUT2D eigenvalue weighted by Crippen LogP contribution is -2.46. The number of alkyl halides is 3. The van der Waals surface area contributed by atoms with Crippen LogP contribution in [0.1, 0.15) is 11.1 Å². The zero-order chi connectivity index (χ0) is 19.6. The SMILES string of the molecule is O=[N+]([O-])c1ccccc1CN1CCN(c2ncc(C(F)(F)F)cc2Cl)CC1. The molecule has 3 rings (SSSR count). The van der Waals surface area contributed by atoms with E-state index in [1.165, 1.54) is 6.07 Å². The Morgan fingerprint density at radius 3 is 2.44 bits per heavy atom. The van der Waals surface area contributed by atoms with Crippen molar-refractivity contribution in [1.82, 2.24) is 9.88 Å². The summed E-state index contributed by atoms with van der Waals surface area (Å²) in [7, 11) is 0. The predicted molar refractivity (Wildman–Crippen MR) is 94.8 cm³/mol. The van der Waals surface area contributed by atoms with Crippen LogP contribution in [0.25, 0.3) is 0 Å². The van der Waals surface area contributed by atoms with E-state index in [9.17, 15) is 23.3 Å². The van der Waals surface area contributed by atoms with E-state index in [4.69, 9.17) is 11.6 Å². The Kier molecular flexibility index (Phi) is 5.52. The normalized spacial score (nSPS) is 15.8. The first-order chi connectivity index (χ1) is 12.8. The second-order valence-electron chi connectivity index (χ2n) is 6.18. The average Bonchev–Trinajstić information content (AvgIpc) is 2.62. The summed E-state index contributed by atoms with van der Waals surface area (Å²) in [6.45, 7) is 2.63. The van der Waals surface area contributed by atoms with Crippen molar-refractivity contribution >= 4 is 23.1 Å². The average molecular weight is 401 g/mol. The molecule has 1 saturated heterocycles. The van der Waals surface area contributed by atoms with Crippen molar-refractivity contribution in [2.24, 2.45) is 0 Å². The maximum atomic E-state index is 12.7. The Morgan fingerprint density at radius 2 is 1.85 bits per heavy atom. The molecule has 1 fully saturated rings. The number of rotatable bonds is 4. The van der Waals surface area contributed by atoms with Gasteiger partial charge in [-0.3, -0.25) is 15.0 Å².